The van der Waals surface area contributed by atoms with Gasteiger partial charge >= 0.3 is 5.97 Å². The maximum atomic E-state index is 12.2. The minimum atomic E-state index is -0.578. The van der Waals surface area contributed by atoms with Crippen molar-refractivity contribution in [3.8, 4) is 23.0 Å². The molecule has 3 heterocycles. The van der Waals surface area contributed by atoms with Gasteiger partial charge in [0.15, 0.2) is 16.8 Å². The van der Waals surface area contributed by atoms with E-state index in [1.807, 2.05) is 0 Å². The maximum Gasteiger partial charge on any atom is 0.346 e. The van der Waals surface area contributed by atoms with E-state index in [4.69, 9.17) is 9.15 Å². The van der Waals surface area contributed by atoms with Gasteiger partial charge in [-0.25, -0.2) is 9.78 Å². The number of carbonyl (C=O) groups excluding carboxylic acids is 1. The van der Waals surface area contributed by atoms with Crippen LogP contribution in [0.4, 0.5) is 0 Å². The van der Waals surface area contributed by atoms with Crippen LogP contribution in [-0.2, 0) is 0 Å². The largest absolute Gasteiger partial charge is 0.504 e. The number of hydrogen-bond acceptors (Lipinski definition) is 7. The molecule has 0 fully saturated rings. The summed E-state index contributed by atoms with van der Waals surface area (Å²) in [7, 11) is 0. The van der Waals surface area contributed by atoms with Crippen molar-refractivity contribution in [3.05, 3.63) is 82.9 Å². The Morgan fingerprint density at radius 3 is 2.70 bits per heavy atom. The van der Waals surface area contributed by atoms with Crippen LogP contribution in [0.5, 0.6) is 11.6 Å². The number of phenols is 1. The molecule has 132 valence electrons. The number of para-hydroxylation sites is 1. The number of pyridine rings is 2. The number of hydrogen-bond donors (Lipinski definition) is 1. The van der Waals surface area contributed by atoms with E-state index in [-0.39, 0.29) is 33.8 Å². The van der Waals surface area contributed by atoms with Gasteiger partial charge in [-0.3, -0.25) is 9.78 Å². The lowest BCUT2D eigenvalue weighted by Gasteiger charge is -2.06. The second kappa shape index (κ2) is 6.72. The van der Waals surface area contributed by atoms with Crippen LogP contribution in [0, 0.1) is 0 Å². The van der Waals surface area contributed by atoms with Crippen LogP contribution < -0.4 is 10.2 Å². The quantitative estimate of drug-likeness (QED) is 0.560. The Morgan fingerprint density at radius 2 is 1.96 bits per heavy atom. The molecule has 1 N–H and O–H groups in total. The van der Waals surface area contributed by atoms with E-state index >= 15 is 0 Å². The van der Waals surface area contributed by atoms with Gasteiger partial charge in [0.05, 0.1) is 10.9 Å². The molecule has 0 aliphatic heterocycles. The van der Waals surface area contributed by atoms with Crippen molar-refractivity contribution in [1.82, 2.24) is 9.97 Å². The number of benzene rings is 1. The molecule has 0 radical (unpaired) electrons. The first-order valence-electron chi connectivity index (χ1n) is 7.96. The Hall–Kier alpha value is -4.00. The minimum absolute atomic E-state index is 0.0959. The van der Waals surface area contributed by atoms with Crippen LogP contribution in [-0.4, -0.2) is 21.0 Å². The first-order valence-corrected chi connectivity index (χ1v) is 7.96. The number of ether oxygens (including phenoxy) is 1. The summed E-state index contributed by atoms with van der Waals surface area (Å²) < 4.78 is 10.8. The van der Waals surface area contributed by atoms with E-state index in [9.17, 15) is 14.7 Å². The molecule has 3 aromatic heterocycles. The number of aromatic hydroxyl groups is 1. The van der Waals surface area contributed by atoms with Crippen molar-refractivity contribution >= 4 is 16.9 Å². The van der Waals surface area contributed by atoms with E-state index in [0.29, 0.717) is 11.1 Å². The Balaban J connectivity index is 1.63. The normalized spacial score (nSPS) is 10.7. The summed E-state index contributed by atoms with van der Waals surface area (Å²) in [4.78, 5) is 32.2. The summed E-state index contributed by atoms with van der Waals surface area (Å²) in [5, 5.41) is 10.2. The summed E-state index contributed by atoms with van der Waals surface area (Å²) in [6.45, 7) is 0. The predicted molar refractivity (Wildman–Crippen MR) is 96.6 cm³/mol. The zero-order chi connectivity index (χ0) is 18.8. The number of nitrogens with zero attached hydrogens (tertiary/aromatic N) is 2. The smallest absolute Gasteiger partial charge is 0.346 e. The molecule has 4 aromatic rings. The van der Waals surface area contributed by atoms with Gasteiger partial charge in [-0.15, -0.1) is 0 Å². The molecule has 0 atom stereocenters. The van der Waals surface area contributed by atoms with Gasteiger partial charge in [0, 0.05) is 36.3 Å². The summed E-state index contributed by atoms with van der Waals surface area (Å²) in [6.07, 6.45) is 4.36. The third-order valence-corrected chi connectivity index (χ3v) is 3.85. The average Bonchev–Trinajstić information content (AvgIpc) is 2.70. The zero-order valence-corrected chi connectivity index (χ0v) is 13.8. The van der Waals surface area contributed by atoms with E-state index < -0.39 is 5.97 Å². The van der Waals surface area contributed by atoms with Gasteiger partial charge in [0.1, 0.15) is 5.76 Å². The Morgan fingerprint density at radius 1 is 1.07 bits per heavy atom. The van der Waals surface area contributed by atoms with Crippen molar-refractivity contribution in [2.45, 2.75) is 0 Å². The molecule has 7 heteroatoms. The van der Waals surface area contributed by atoms with Crippen molar-refractivity contribution in [2.75, 3.05) is 0 Å². The van der Waals surface area contributed by atoms with Crippen LogP contribution in [0.2, 0.25) is 0 Å². The summed E-state index contributed by atoms with van der Waals surface area (Å²) >= 11 is 0. The van der Waals surface area contributed by atoms with E-state index in [1.54, 1.807) is 36.5 Å². The second-order valence-corrected chi connectivity index (χ2v) is 5.65. The molecular weight excluding hydrogens is 348 g/mol. The molecule has 27 heavy (non-hydrogen) atoms. The molecule has 0 aliphatic carbocycles. The minimum Gasteiger partial charge on any atom is -0.504 e. The second-order valence-electron chi connectivity index (χ2n) is 5.65. The number of phenolic OH excluding ortho intramolecular Hbond substituents is 1. The number of rotatable bonds is 3. The zero-order valence-electron chi connectivity index (χ0n) is 13.8. The van der Waals surface area contributed by atoms with Gasteiger partial charge in [-0.2, -0.15) is 0 Å². The van der Waals surface area contributed by atoms with Crippen LogP contribution in [0.1, 0.15) is 10.4 Å². The highest BCUT2D eigenvalue weighted by Crippen LogP contribution is 2.27. The fourth-order valence-electron chi connectivity index (χ4n) is 2.53. The van der Waals surface area contributed by atoms with E-state index in [2.05, 4.69) is 9.97 Å². The van der Waals surface area contributed by atoms with Gasteiger partial charge in [-0.1, -0.05) is 6.07 Å². The molecule has 0 unspecified atom stereocenters. The molecule has 0 spiro atoms. The highest BCUT2D eigenvalue weighted by atomic mass is 16.5. The molecule has 1 aromatic carbocycles. The van der Waals surface area contributed by atoms with Gasteiger partial charge in [-0.05, 0) is 30.3 Å². The van der Waals surface area contributed by atoms with Crippen molar-refractivity contribution in [2.24, 2.45) is 0 Å². The first kappa shape index (κ1) is 16.5. The van der Waals surface area contributed by atoms with E-state index in [1.165, 1.54) is 30.6 Å². The number of carbonyl (C=O) groups is 1. The van der Waals surface area contributed by atoms with Crippen LogP contribution in [0.15, 0.2) is 76.3 Å². The Kier molecular flexibility index (Phi) is 4.10. The molecule has 4 rings (SSSR count). The third kappa shape index (κ3) is 3.25. The molecule has 0 aliphatic rings. The Labute approximate surface area is 152 Å². The lowest BCUT2D eigenvalue weighted by atomic mass is 10.1. The van der Waals surface area contributed by atoms with Gasteiger partial charge in [0.2, 0.25) is 5.88 Å². The van der Waals surface area contributed by atoms with Crippen LogP contribution >= 0.6 is 0 Å². The molecular formula is C20H12N2O5. The van der Waals surface area contributed by atoms with Crippen molar-refractivity contribution in [3.63, 3.8) is 0 Å². The highest BCUT2D eigenvalue weighted by molar-refractivity contribution is 5.90. The van der Waals surface area contributed by atoms with Crippen molar-refractivity contribution in [1.29, 1.82) is 0 Å². The monoisotopic (exact) mass is 360 g/mol. The molecule has 0 saturated heterocycles. The van der Waals surface area contributed by atoms with Gasteiger partial charge < -0.3 is 14.3 Å². The SMILES string of the molecule is O=C(Oc1ccc(-c2cc(=O)c3cccc(O)c3o2)cn1)c1cccnc1. The lowest BCUT2D eigenvalue weighted by Crippen LogP contribution is -2.09. The average molecular weight is 360 g/mol. The fraction of sp³-hybridized carbons (Fsp3) is 0. The number of esters is 1. The highest BCUT2D eigenvalue weighted by Gasteiger charge is 2.12. The standard InChI is InChI=1S/C20H12N2O5/c23-15-5-1-4-14-16(24)9-17(26-19(14)15)12-6-7-18(22-11-12)27-20(25)13-3-2-8-21-10-13/h1-11,23H. The summed E-state index contributed by atoms with van der Waals surface area (Å²) in [5.74, 6) is -0.364. The Bertz CT molecular complexity index is 1180. The lowest BCUT2D eigenvalue weighted by molar-refractivity contribution is 0.0727. The topological polar surface area (TPSA) is 103 Å². The number of aromatic nitrogens is 2. The van der Waals surface area contributed by atoms with Crippen LogP contribution in [0.25, 0.3) is 22.3 Å². The molecule has 0 bridgehead atoms. The molecule has 7 nitrogen and oxygen atoms in total. The number of fused-ring (bicyclic) bond motifs is 1. The molecule has 0 saturated carbocycles. The van der Waals surface area contributed by atoms with Crippen LogP contribution in [0.3, 0.4) is 0 Å². The van der Waals surface area contributed by atoms with E-state index in [0.717, 1.165) is 0 Å². The first-order chi connectivity index (χ1) is 13.1. The maximum absolute atomic E-state index is 12.2. The van der Waals surface area contributed by atoms with Gasteiger partial charge in [0.25, 0.3) is 0 Å². The predicted octanol–water partition coefficient (Wildman–Crippen LogP) is 3.17. The third-order valence-electron chi connectivity index (χ3n) is 3.85. The fourth-order valence-corrected chi connectivity index (χ4v) is 2.53. The molecule has 0 amide bonds. The summed E-state index contributed by atoms with van der Waals surface area (Å²) in [6, 6.07) is 12.2. The van der Waals surface area contributed by atoms with Crippen molar-refractivity contribution < 1.29 is 19.1 Å². The summed E-state index contributed by atoms with van der Waals surface area (Å²) in [5.41, 5.74) is 0.624.